The summed E-state index contributed by atoms with van der Waals surface area (Å²) in [7, 11) is 1.49. The molecule has 0 aromatic heterocycles. The molecule has 2 aliphatic rings. The zero-order chi connectivity index (χ0) is 20.1. The number of nitrogens with one attached hydrogen (secondary N) is 2. The first-order valence-corrected chi connectivity index (χ1v) is 10.1. The van der Waals surface area contributed by atoms with Crippen LogP contribution in [0.1, 0.15) is 37.7 Å². The van der Waals surface area contributed by atoms with Crippen molar-refractivity contribution in [3.05, 3.63) is 23.8 Å². The second kappa shape index (κ2) is 9.28. The van der Waals surface area contributed by atoms with Crippen LogP contribution >= 0.6 is 0 Å². The van der Waals surface area contributed by atoms with Crippen molar-refractivity contribution in [3.8, 4) is 11.5 Å². The number of piperidine rings is 1. The third kappa shape index (κ3) is 4.76. The van der Waals surface area contributed by atoms with Gasteiger partial charge < -0.3 is 25.6 Å². The average molecular weight is 390 g/mol. The number of ether oxygens (including phenoxy) is 1. The zero-order valence-electron chi connectivity index (χ0n) is 16.3. The van der Waals surface area contributed by atoms with Gasteiger partial charge in [0.25, 0.3) is 0 Å². The van der Waals surface area contributed by atoms with Gasteiger partial charge in [-0.25, -0.2) is 0 Å². The topological polar surface area (TPSA) is 108 Å². The molecule has 2 fully saturated rings. The van der Waals surface area contributed by atoms with Gasteiger partial charge in [0, 0.05) is 31.5 Å². The molecule has 1 aliphatic heterocycles. The van der Waals surface area contributed by atoms with Gasteiger partial charge in [-0.1, -0.05) is 18.9 Å². The van der Waals surface area contributed by atoms with E-state index in [1.54, 1.807) is 12.1 Å². The summed E-state index contributed by atoms with van der Waals surface area (Å²) in [6.45, 7) is 0.252. The molecule has 4 N–H and O–H groups in total. The third-order valence-electron chi connectivity index (χ3n) is 6.02. The largest absolute Gasteiger partial charge is 0.504 e. The molecule has 2 amide bonds. The summed E-state index contributed by atoms with van der Waals surface area (Å²) in [5, 5.41) is 25.6. The van der Waals surface area contributed by atoms with Crippen molar-refractivity contribution in [2.24, 2.45) is 17.8 Å². The molecule has 7 heteroatoms. The Bertz CT molecular complexity index is 708. The van der Waals surface area contributed by atoms with Crippen LogP contribution in [0.25, 0.3) is 0 Å². The molecular formula is C21H30N2O5. The highest BCUT2D eigenvalue weighted by atomic mass is 16.5. The van der Waals surface area contributed by atoms with Crippen LogP contribution in [0.5, 0.6) is 11.5 Å². The molecule has 1 saturated carbocycles. The van der Waals surface area contributed by atoms with Gasteiger partial charge in [-0.05, 0) is 42.9 Å². The molecule has 28 heavy (non-hydrogen) atoms. The fourth-order valence-electron chi connectivity index (χ4n) is 4.50. The van der Waals surface area contributed by atoms with Crippen LogP contribution < -0.4 is 15.4 Å². The number of fused-ring (bicyclic) bond motifs is 1. The zero-order valence-corrected chi connectivity index (χ0v) is 16.3. The number of aromatic hydroxyl groups is 1. The van der Waals surface area contributed by atoms with E-state index in [4.69, 9.17) is 4.74 Å². The summed E-state index contributed by atoms with van der Waals surface area (Å²) in [5.74, 6) is 0.0586. The smallest absolute Gasteiger partial charge is 0.224 e. The lowest BCUT2D eigenvalue weighted by molar-refractivity contribution is -0.137. The van der Waals surface area contributed by atoms with E-state index >= 15 is 0 Å². The Labute approximate surface area is 165 Å². The highest BCUT2D eigenvalue weighted by molar-refractivity contribution is 5.87. The predicted octanol–water partition coefficient (Wildman–Crippen LogP) is 1.36. The van der Waals surface area contributed by atoms with E-state index in [0.29, 0.717) is 18.7 Å². The van der Waals surface area contributed by atoms with Crippen LogP contribution in [0, 0.1) is 17.8 Å². The number of aliphatic hydroxyl groups is 1. The van der Waals surface area contributed by atoms with Crippen molar-refractivity contribution in [2.45, 2.75) is 44.6 Å². The van der Waals surface area contributed by atoms with E-state index in [0.717, 1.165) is 31.2 Å². The van der Waals surface area contributed by atoms with Gasteiger partial charge in [0.05, 0.1) is 13.0 Å². The number of phenols is 1. The van der Waals surface area contributed by atoms with E-state index < -0.39 is 0 Å². The van der Waals surface area contributed by atoms with Crippen molar-refractivity contribution < 1.29 is 24.5 Å². The average Bonchev–Trinajstić information content (AvgIpc) is 2.70. The van der Waals surface area contributed by atoms with Gasteiger partial charge in [-0.3, -0.25) is 9.59 Å². The lowest BCUT2D eigenvalue weighted by Crippen LogP contribution is -2.54. The standard InChI is InChI=1S/C21H30N2O5/c1-28-19-7-6-13(9-18(19)25)8-14(12-24)11-22-21(27)16-10-20(26)23-17-5-3-2-4-15(16)17/h6-7,9,14-17,24-25H,2-5,8,10-12H2,1H3,(H,22,27)(H,23,26). The molecular weight excluding hydrogens is 360 g/mol. The van der Waals surface area contributed by atoms with E-state index in [-0.39, 0.29) is 54.4 Å². The Morgan fingerprint density at radius 1 is 1.36 bits per heavy atom. The second-order valence-corrected chi connectivity index (χ2v) is 7.94. The fraction of sp³-hybridized carbons (Fsp3) is 0.619. The molecule has 0 radical (unpaired) electrons. The maximum Gasteiger partial charge on any atom is 0.224 e. The number of amides is 2. The number of rotatable bonds is 7. The number of hydrogen-bond donors (Lipinski definition) is 4. The summed E-state index contributed by atoms with van der Waals surface area (Å²) >= 11 is 0. The minimum absolute atomic E-state index is 0.0456. The number of hydrogen-bond acceptors (Lipinski definition) is 5. The lowest BCUT2D eigenvalue weighted by atomic mass is 9.72. The fourth-order valence-corrected chi connectivity index (χ4v) is 4.50. The minimum atomic E-state index is -0.288. The van der Waals surface area contributed by atoms with E-state index in [1.807, 2.05) is 6.07 Å². The summed E-state index contributed by atoms with van der Waals surface area (Å²) in [5.41, 5.74) is 0.857. The normalized spacial score (nSPS) is 25.4. The van der Waals surface area contributed by atoms with Crippen molar-refractivity contribution in [2.75, 3.05) is 20.3 Å². The third-order valence-corrected chi connectivity index (χ3v) is 6.02. The minimum Gasteiger partial charge on any atom is -0.504 e. The summed E-state index contributed by atoms with van der Waals surface area (Å²) in [4.78, 5) is 24.8. The molecule has 4 unspecified atom stereocenters. The van der Waals surface area contributed by atoms with E-state index in [1.165, 1.54) is 7.11 Å². The maximum absolute atomic E-state index is 12.8. The Morgan fingerprint density at radius 2 is 2.14 bits per heavy atom. The van der Waals surface area contributed by atoms with Gasteiger partial charge in [-0.2, -0.15) is 0 Å². The Morgan fingerprint density at radius 3 is 2.86 bits per heavy atom. The molecule has 7 nitrogen and oxygen atoms in total. The Kier molecular flexibility index (Phi) is 6.78. The number of aliphatic hydroxyl groups excluding tert-OH is 1. The molecule has 1 aliphatic carbocycles. The molecule has 0 spiro atoms. The maximum atomic E-state index is 12.8. The van der Waals surface area contributed by atoms with Crippen LogP contribution in [0.4, 0.5) is 0 Å². The first kappa shape index (κ1) is 20.5. The van der Waals surface area contributed by atoms with Crippen LogP contribution in [-0.4, -0.2) is 48.3 Å². The number of phenolic OH excluding ortho intramolecular Hbond substituents is 1. The second-order valence-electron chi connectivity index (χ2n) is 7.94. The number of carbonyl (C=O) groups is 2. The molecule has 4 atom stereocenters. The monoisotopic (exact) mass is 390 g/mol. The first-order valence-electron chi connectivity index (χ1n) is 10.1. The highest BCUT2D eigenvalue weighted by Crippen LogP contribution is 2.35. The molecule has 154 valence electrons. The molecule has 1 aromatic carbocycles. The van der Waals surface area contributed by atoms with Crippen molar-refractivity contribution in [1.82, 2.24) is 10.6 Å². The Balaban J connectivity index is 1.57. The van der Waals surface area contributed by atoms with Crippen molar-refractivity contribution >= 4 is 11.8 Å². The lowest BCUT2D eigenvalue weighted by Gasteiger charge is -2.40. The summed E-state index contributed by atoms with van der Waals surface area (Å²) in [6.07, 6.45) is 4.87. The van der Waals surface area contributed by atoms with Gasteiger partial charge in [-0.15, -0.1) is 0 Å². The quantitative estimate of drug-likeness (QED) is 0.562. The first-order chi connectivity index (χ1) is 13.5. The van der Waals surface area contributed by atoms with Crippen molar-refractivity contribution in [1.29, 1.82) is 0 Å². The number of carbonyl (C=O) groups excluding carboxylic acids is 2. The molecule has 3 rings (SSSR count). The predicted molar refractivity (Wildman–Crippen MR) is 104 cm³/mol. The SMILES string of the molecule is COc1ccc(CC(CO)CNC(=O)C2CC(=O)NC3CCCCC32)cc1O. The van der Waals surface area contributed by atoms with E-state index in [2.05, 4.69) is 10.6 Å². The van der Waals surface area contributed by atoms with Gasteiger partial charge in [0.15, 0.2) is 11.5 Å². The molecule has 1 saturated heterocycles. The highest BCUT2D eigenvalue weighted by Gasteiger charge is 2.41. The van der Waals surface area contributed by atoms with Crippen LogP contribution in [0.3, 0.4) is 0 Å². The van der Waals surface area contributed by atoms with E-state index in [9.17, 15) is 19.8 Å². The van der Waals surface area contributed by atoms with Gasteiger partial charge >= 0.3 is 0 Å². The summed E-state index contributed by atoms with van der Waals surface area (Å²) < 4.78 is 5.04. The van der Waals surface area contributed by atoms with Crippen LogP contribution in [0.2, 0.25) is 0 Å². The number of methoxy groups -OCH3 is 1. The van der Waals surface area contributed by atoms with Crippen molar-refractivity contribution in [3.63, 3.8) is 0 Å². The molecule has 0 bridgehead atoms. The Hall–Kier alpha value is -2.28. The van der Waals surface area contributed by atoms with Gasteiger partial charge in [0.2, 0.25) is 11.8 Å². The molecule has 1 aromatic rings. The van der Waals surface area contributed by atoms with Crippen LogP contribution in [0.15, 0.2) is 18.2 Å². The van der Waals surface area contributed by atoms with Crippen LogP contribution in [-0.2, 0) is 16.0 Å². The summed E-state index contributed by atoms with van der Waals surface area (Å²) in [6, 6.07) is 5.24. The molecule has 1 heterocycles. The van der Waals surface area contributed by atoms with Gasteiger partial charge in [0.1, 0.15) is 0 Å². The number of benzene rings is 1.